The Kier molecular flexibility index (Phi) is 7.02. The molecule has 0 fully saturated rings. The number of hydrogen-bond acceptors (Lipinski definition) is 4. The summed E-state index contributed by atoms with van der Waals surface area (Å²) in [5.74, 6) is 0.465. The maximum Gasteiger partial charge on any atom is 0.303 e. The first-order chi connectivity index (χ1) is 12.5. The molecule has 138 valence electrons. The highest BCUT2D eigenvalue weighted by Gasteiger charge is 2.18. The summed E-state index contributed by atoms with van der Waals surface area (Å²) in [6.45, 7) is 2.75. The number of carboxylic acids is 1. The number of benzene rings is 2. The molecule has 0 aliphatic rings. The highest BCUT2D eigenvalue weighted by atomic mass is 16.5. The third-order valence-electron chi connectivity index (χ3n) is 3.72. The van der Waals surface area contributed by atoms with Gasteiger partial charge in [-0.3, -0.25) is 9.59 Å². The number of amides is 1. The number of carbonyl (C=O) groups is 2. The van der Waals surface area contributed by atoms with Crippen molar-refractivity contribution < 1.29 is 24.2 Å². The molecular weight excluding hydrogens is 334 g/mol. The van der Waals surface area contributed by atoms with Crippen molar-refractivity contribution in [1.82, 2.24) is 4.90 Å². The van der Waals surface area contributed by atoms with Gasteiger partial charge in [0, 0.05) is 20.0 Å². The van der Waals surface area contributed by atoms with Crippen LogP contribution in [0.25, 0.3) is 0 Å². The minimum absolute atomic E-state index is 0.0253. The van der Waals surface area contributed by atoms with Crippen LogP contribution in [0.3, 0.4) is 0 Å². The largest absolute Gasteiger partial charge is 0.490 e. The smallest absolute Gasteiger partial charge is 0.303 e. The highest BCUT2D eigenvalue weighted by molar-refractivity contribution is 5.96. The molecule has 0 atom stereocenters. The molecule has 1 amide bonds. The molecule has 0 heterocycles. The lowest BCUT2D eigenvalue weighted by atomic mass is 10.1. The molecule has 1 N–H and O–H groups in total. The van der Waals surface area contributed by atoms with Crippen molar-refractivity contribution in [2.75, 3.05) is 20.2 Å². The summed E-state index contributed by atoms with van der Waals surface area (Å²) in [6, 6.07) is 14.2. The lowest BCUT2D eigenvalue weighted by Crippen LogP contribution is -2.28. The van der Waals surface area contributed by atoms with Gasteiger partial charge in [0.25, 0.3) is 5.91 Å². The Morgan fingerprint density at radius 2 is 1.62 bits per heavy atom. The van der Waals surface area contributed by atoms with Gasteiger partial charge >= 0.3 is 5.97 Å². The Morgan fingerprint density at radius 1 is 1.00 bits per heavy atom. The normalized spacial score (nSPS) is 10.2. The van der Waals surface area contributed by atoms with E-state index < -0.39 is 5.97 Å². The summed E-state index contributed by atoms with van der Waals surface area (Å²) in [4.78, 5) is 24.8. The van der Waals surface area contributed by atoms with Gasteiger partial charge in [-0.2, -0.15) is 0 Å². The molecule has 0 bridgehead atoms. The Morgan fingerprint density at radius 3 is 2.27 bits per heavy atom. The van der Waals surface area contributed by atoms with Crippen molar-refractivity contribution in [3.8, 4) is 17.2 Å². The number of ether oxygens (including phenoxy) is 2. The fourth-order valence-electron chi connectivity index (χ4n) is 2.43. The number of carbonyl (C=O) groups excluding carboxylic acids is 1. The summed E-state index contributed by atoms with van der Waals surface area (Å²) in [7, 11) is 1.65. The maximum absolute atomic E-state index is 12.7. The van der Waals surface area contributed by atoms with E-state index in [1.807, 2.05) is 19.1 Å². The van der Waals surface area contributed by atoms with Crippen molar-refractivity contribution in [2.24, 2.45) is 0 Å². The number of nitrogens with zero attached hydrogens (tertiary/aromatic N) is 1. The van der Waals surface area contributed by atoms with Crippen molar-refractivity contribution in [3.05, 3.63) is 54.1 Å². The fraction of sp³-hybridized carbons (Fsp3) is 0.300. The average molecular weight is 357 g/mol. The SMILES string of the molecule is CCOc1ccccc1Oc1ccccc1C(=O)N(C)CCCC(=O)O. The molecule has 6 heteroatoms. The fourth-order valence-corrected chi connectivity index (χ4v) is 2.43. The molecule has 0 radical (unpaired) electrons. The number of para-hydroxylation sites is 3. The van der Waals surface area contributed by atoms with Gasteiger partial charge in [0.15, 0.2) is 11.5 Å². The van der Waals surface area contributed by atoms with Gasteiger partial charge in [0.2, 0.25) is 0 Å². The minimum Gasteiger partial charge on any atom is -0.490 e. The van der Waals surface area contributed by atoms with Gasteiger partial charge in [0.05, 0.1) is 12.2 Å². The molecular formula is C20H23NO5. The van der Waals surface area contributed by atoms with Crippen molar-refractivity contribution in [2.45, 2.75) is 19.8 Å². The van der Waals surface area contributed by atoms with E-state index in [1.165, 1.54) is 4.90 Å². The lowest BCUT2D eigenvalue weighted by Gasteiger charge is -2.19. The van der Waals surface area contributed by atoms with E-state index in [2.05, 4.69) is 0 Å². The third-order valence-corrected chi connectivity index (χ3v) is 3.72. The molecule has 0 saturated heterocycles. The molecule has 2 rings (SSSR count). The molecule has 0 spiro atoms. The molecule has 6 nitrogen and oxygen atoms in total. The van der Waals surface area contributed by atoms with Crippen LogP contribution < -0.4 is 9.47 Å². The van der Waals surface area contributed by atoms with E-state index in [0.717, 1.165) is 0 Å². The van der Waals surface area contributed by atoms with Gasteiger partial charge in [-0.25, -0.2) is 0 Å². The molecule has 26 heavy (non-hydrogen) atoms. The molecule has 0 aromatic heterocycles. The van der Waals surface area contributed by atoms with E-state index in [9.17, 15) is 9.59 Å². The van der Waals surface area contributed by atoms with Crippen LogP contribution in [0.4, 0.5) is 0 Å². The standard InChI is InChI=1S/C20H23NO5/c1-3-25-17-11-6-7-12-18(17)26-16-10-5-4-9-15(16)20(24)21(2)14-8-13-19(22)23/h4-7,9-12H,3,8,13-14H2,1-2H3,(H,22,23). The predicted octanol–water partition coefficient (Wildman–Crippen LogP) is 3.81. The molecule has 2 aromatic carbocycles. The monoisotopic (exact) mass is 357 g/mol. The van der Waals surface area contributed by atoms with Gasteiger partial charge in [-0.05, 0) is 37.6 Å². The van der Waals surface area contributed by atoms with E-state index in [1.54, 1.807) is 43.4 Å². The van der Waals surface area contributed by atoms with Gasteiger partial charge < -0.3 is 19.5 Å². The molecule has 0 aliphatic heterocycles. The van der Waals surface area contributed by atoms with Crippen LogP contribution in [0.5, 0.6) is 17.2 Å². The Bertz CT molecular complexity index is 759. The van der Waals surface area contributed by atoms with Crippen molar-refractivity contribution in [1.29, 1.82) is 0 Å². The van der Waals surface area contributed by atoms with E-state index in [0.29, 0.717) is 42.4 Å². The predicted molar refractivity (Wildman–Crippen MR) is 98.0 cm³/mol. The summed E-state index contributed by atoms with van der Waals surface area (Å²) in [5.41, 5.74) is 0.414. The number of aliphatic carboxylic acids is 1. The first-order valence-corrected chi connectivity index (χ1v) is 8.49. The van der Waals surface area contributed by atoms with Gasteiger partial charge in [-0.1, -0.05) is 24.3 Å². The zero-order valence-corrected chi connectivity index (χ0v) is 15.0. The minimum atomic E-state index is -0.873. The van der Waals surface area contributed by atoms with Gasteiger partial charge in [0.1, 0.15) is 5.75 Å². The number of carboxylic acid groups (broad SMARTS) is 1. The van der Waals surface area contributed by atoms with Crippen LogP contribution in [0.1, 0.15) is 30.1 Å². The first kappa shape index (κ1) is 19.3. The second kappa shape index (κ2) is 9.46. The Hall–Kier alpha value is -3.02. The van der Waals surface area contributed by atoms with E-state index in [-0.39, 0.29) is 12.3 Å². The Labute approximate surface area is 153 Å². The second-order valence-corrected chi connectivity index (χ2v) is 5.70. The van der Waals surface area contributed by atoms with Crippen molar-refractivity contribution in [3.63, 3.8) is 0 Å². The van der Waals surface area contributed by atoms with Crippen LogP contribution >= 0.6 is 0 Å². The summed E-state index contributed by atoms with van der Waals surface area (Å²) in [6.07, 6.45) is 0.422. The number of rotatable bonds is 9. The average Bonchev–Trinajstić information content (AvgIpc) is 2.63. The highest BCUT2D eigenvalue weighted by Crippen LogP contribution is 2.33. The summed E-state index contributed by atoms with van der Waals surface area (Å²) < 4.78 is 11.5. The van der Waals surface area contributed by atoms with E-state index >= 15 is 0 Å². The summed E-state index contributed by atoms with van der Waals surface area (Å²) >= 11 is 0. The van der Waals surface area contributed by atoms with E-state index in [4.69, 9.17) is 14.6 Å². The van der Waals surface area contributed by atoms with Crippen LogP contribution in [0, 0.1) is 0 Å². The van der Waals surface area contributed by atoms with Crippen molar-refractivity contribution >= 4 is 11.9 Å². The van der Waals surface area contributed by atoms with Crippen LogP contribution in [-0.4, -0.2) is 42.1 Å². The van der Waals surface area contributed by atoms with Crippen LogP contribution in [0.15, 0.2) is 48.5 Å². The second-order valence-electron chi connectivity index (χ2n) is 5.70. The first-order valence-electron chi connectivity index (χ1n) is 8.49. The van der Waals surface area contributed by atoms with Crippen LogP contribution in [-0.2, 0) is 4.79 Å². The zero-order chi connectivity index (χ0) is 18.9. The zero-order valence-electron chi connectivity index (χ0n) is 15.0. The molecule has 0 aliphatic carbocycles. The molecule has 0 saturated carbocycles. The molecule has 0 unspecified atom stereocenters. The Balaban J connectivity index is 2.17. The van der Waals surface area contributed by atoms with Crippen LogP contribution in [0.2, 0.25) is 0 Å². The van der Waals surface area contributed by atoms with Gasteiger partial charge in [-0.15, -0.1) is 0 Å². The maximum atomic E-state index is 12.7. The molecule has 2 aromatic rings. The number of hydrogen-bond donors (Lipinski definition) is 1. The topological polar surface area (TPSA) is 76.1 Å². The third kappa shape index (κ3) is 5.24. The lowest BCUT2D eigenvalue weighted by molar-refractivity contribution is -0.137. The summed E-state index contributed by atoms with van der Waals surface area (Å²) in [5, 5.41) is 8.72. The quantitative estimate of drug-likeness (QED) is 0.738.